The number of nitrogens with one attached hydrogen (secondary N) is 1. The molecule has 2 aliphatic heterocycles. The van der Waals surface area contributed by atoms with E-state index in [9.17, 15) is 4.79 Å². The molecule has 5 heterocycles. The molecule has 0 aromatic carbocycles. The Labute approximate surface area is 186 Å². The Bertz CT molecular complexity index is 1200. The first-order valence-electron chi connectivity index (χ1n) is 10.8. The lowest BCUT2D eigenvalue weighted by Gasteiger charge is -2.41. The second kappa shape index (κ2) is 7.16. The van der Waals surface area contributed by atoms with Crippen molar-refractivity contribution in [3.63, 3.8) is 0 Å². The van der Waals surface area contributed by atoms with Gasteiger partial charge in [-0.3, -0.25) is 9.20 Å². The number of carbonyl (C=O) groups is 1. The largest absolute Gasteiger partial charge is 0.474 e. The molecule has 3 aromatic rings. The summed E-state index contributed by atoms with van der Waals surface area (Å²) in [6.45, 7) is 6.61. The van der Waals surface area contributed by atoms with E-state index in [4.69, 9.17) is 14.5 Å². The highest BCUT2D eigenvalue weighted by atomic mass is 16.5. The van der Waals surface area contributed by atoms with Crippen LogP contribution in [-0.4, -0.2) is 57.7 Å². The fourth-order valence-electron chi connectivity index (χ4n) is 4.71. The standard InChI is InChI=1S/C23H28N6O3/c1-14(2)32-20-15(19(30)26-17-7-6-8-18(25-17)28(4)5)9-29-10-16(24-21(29)27-20)23-11-22(3,12-23)31-13-23/h6-10,14H,11-13H2,1-5H3,(H,25,26,30). The van der Waals surface area contributed by atoms with Crippen molar-refractivity contribution < 1.29 is 14.3 Å². The van der Waals surface area contributed by atoms with E-state index in [1.165, 1.54) is 0 Å². The van der Waals surface area contributed by atoms with E-state index in [1.54, 1.807) is 16.7 Å². The quantitative estimate of drug-likeness (QED) is 0.635. The Kier molecular flexibility index (Phi) is 4.63. The Morgan fingerprint density at radius 3 is 2.66 bits per heavy atom. The van der Waals surface area contributed by atoms with Crippen molar-refractivity contribution in [1.29, 1.82) is 0 Å². The van der Waals surface area contributed by atoms with Crippen LogP contribution in [-0.2, 0) is 10.2 Å². The Hall–Kier alpha value is -3.20. The molecule has 3 aliphatic rings. The van der Waals surface area contributed by atoms with Crippen LogP contribution in [0.5, 0.6) is 5.88 Å². The number of hydrogen-bond acceptors (Lipinski definition) is 7. The SMILES string of the molecule is CC(C)Oc1nc2nc(C34COC(C)(C3)C4)cn2cc1C(=O)Nc1cccc(N(C)C)n1. The highest BCUT2D eigenvalue weighted by molar-refractivity contribution is 6.05. The van der Waals surface area contributed by atoms with Crippen molar-refractivity contribution in [2.45, 2.75) is 50.7 Å². The molecule has 9 nitrogen and oxygen atoms in total. The van der Waals surface area contributed by atoms with Gasteiger partial charge in [0, 0.05) is 31.9 Å². The smallest absolute Gasteiger partial charge is 0.263 e. The molecule has 1 saturated carbocycles. The normalized spacial score (nSPS) is 23.9. The summed E-state index contributed by atoms with van der Waals surface area (Å²) in [6.07, 6.45) is 5.46. The minimum Gasteiger partial charge on any atom is -0.474 e. The second-order valence-corrected chi connectivity index (χ2v) is 9.56. The Morgan fingerprint density at radius 1 is 1.22 bits per heavy atom. The van der Waals surface area contributed by atoms with Gasteiger partial charge in [-0.2, -0.15) is 4.98 Å². The number of nitrogens with zero attached hydrogens (tertiary/aromatic N) is 5. The summed E-state index contributed by atoms with van der Waals surface area (Å²) in [5, 5.41) is 2.86. The van der Waals surface area contributed by atoms with Crippen molar-refractivity contribution in [2.24, 2.45) is 0 Å². The predicted octanol–water partition coefficient (Wildman–Crippen LogP) is 3.05. The molecule has 1 amide bonds. The van der Waals surface area contributed by atoms with Crippen molar-refractivity contribution in [1.82, 2.24) is 19.4 Å². The van der Waals surface area contributed by atoms with Crippen molar-refractivity contribution in [2.75, 3.05) is 30.9 Å². The first kappa shape index (κ1) is 20.7. The molecule has 9 heteroatoms. The average Bonchev–Trinajstić information content (AvgIpc) is 3.37. The molecule has 1 aliphatic carbocycles. The highest BCUT2D eigenvalue weighted by Crippen LogP contribution is 2.58. The van der Waals surface area contributed by atoms with E-state index < -0.39 is 0 Å². The molecule has 0 radical (unpaired) electrons. The lowest BCUT2D eigenvalue weighted by atomic mass is 9.62. The maximum Gasteiger partial charge on any atom is 0.263 e. The van der Waals surface area contributed by atoms with E-state index in [2.05, 4.69) is 22.2 Å². The van der Waals surface area contributed by atoms with Crippen LogP contribution in [0.1, 0.15) is 49.7 Å². The summed E-state index contributed by atoms with van der Waals surface area (Å²) in [6, 6.07) is 5.48. The number of imidazole rings is 1. The van der Waals surface area contributed by atoms with Crippen molar-refractivity contribution >= 4 is 23.3 Å². The van der Waals surface area contributed by atoms with Gasteiger partial charge < -0.3 is 19.7 Å². The lowest BCUT2D eigenvalue weighted by Crippen LogP contribution is -2.45. The Balaban J connectivity index is 1.49. The van der Waals surface area contributed by atoms with Gasteiger partial charge in [-0.1, -0.05) is 6.07 Å². The summed E-state index contributed by atoms with van der Waals surface area (Å²) in [7, 11) is 3.80. The van der Waals surface area contributed by atoms with Crippen LogP contribution in [0, 0.1) is 0 Å². The number of hydrogen-bond donors (Lipinski definition) is 1. The molecule has 3 fully saturated rings. The van der Waals surface area contributed by atoms with Gasteiger partial charge in [-0.15, -0.1) is 0 Å². The van der Waals surface area contributed by atoms with Gasteiger partial charge in [0.05, 0.1) is 24.0 Å². The highest BCUT2D eigenvalue weighted by Gasteiger charge is 2.61. The summed E-state index contributed by atoms with van der Waals surface area (Å²) < 4.78 is 13.6. The predicted molar refractivity (Wildman–Crippen MR) is 121 cm³/mol. The average molecular weight is 437 g/mol. The Morgan fingerprint density at radius 2 is 2.00 bits per heavy atom. The van der Waals surface area contributed by atoms with Gasteiger partial charge in [0.25, 0.3) is 5.91 Å². The fraction of sp³-hybridized carbons (Fsp3) is 0.478. The summed E-state index contributed by atoms with van der Waals surface area (Å²) in [4.78, 5) is 28.9. The van der Waals surface area contributed by atoms with Crippen LogP contribution < -0.4 is 15.0 Å². The molecule has 2 bridgehead atoms. The van der Waals surface area contributed by atoms with Crippen LogP contribution in [0.4, 0.5) is 11.6 Å². The maximum atomic E-state index is 13.2. The number of fused-ring (bicyclic) bond motifs is 2. The fourth-order valence-corrected chi connectivity index (χ4v) is 4.71. The summed E-state index contributed by atoms with van der Waals surface area (Å²) >= 11 is 0. The third-order valence-electron chi connectivity index (χ3n) is 6.10. The minimum absolute atomic E-state index is 0.0334. The molecule has 6 rings (SSSR count). The maximum absolute atomic E-state index is 13.2. The molecule has 2 saturated heterocycles. The second-order valence-electron chi connectivity index (χ2n) is 9.56. The van der Waals surface area contributed by atoms with Crippen LogP contribution in [0.25, 0.3) is 5.78 Å². The van der Waals surface area contributed by atoms with E-state index in [0.29, 0.717) is 23.8 Å². The molecule has 3 aromatic heterocycles. The van der Waals surface area contributed by atoms with E-state index >= 15 is 0 Å². The van der Waals surface area contributed by atoms with Crippen LogP contribution in [0.15, 0.2) is 30.6 Å². The van der Waals surface area contributed by atoms with E-state index in [-0.39, 0.29) is 28.9 Å². The number of carbonyl (C=O) groups excluding carboxylic acids is 1. The van der Waals surface area contributed by atoms with Gasteiger partial charge in [0.15, 0.2) is 0 Å². The molecule has 0 atom stereocenters. The molecule has 1 N–H and O–H groups in total. The van der Waals surface area contributed by atoms with Gasteiger partial charge in [0.2, 0.25) is 11.7 Å². The van der Waals surface area contributed by atoms with E-state index in [1.807, 2.05) is 51.2 Å². The number of aromatic nitrogens is 4. The van der Waals surface area contributed by atoms with Crippen molar-refractivity contribution in [3.05, 3.63) is 41.9 Å². The third-order valence-corrected chi connectivity index (χ3v) is 6.10. The van der Waals surface area contributed by atoms with E-state index in [0.717, 1.165) is 24.4 Å². The molecule has 0 spiro atoms. The summed E-state index contributed by atoms with van der Waals surface area (Å²) in [5.41, 5.74) is 1.19. The van der Waals surface area contributed by atoms with Gasteiger partial charge in [0.1, 0.15) is 17.2 Å². The number of amides is 1. The number of rotatable bonds is 6. The summed E-state index contributed by atoms with van der Waals surface area (Å²) in [5.74, 6) is 1.63. The van der Waals surface area contributed by atoms with Gasteiger partial charge >= 0.3 is 0 Å². The first-order valence-corrected chi connectivity index (χ1v) is 10.8. The van der Waals surface area contributed by atoms with Crippen molar-refractivity contribution in [3.8, 4) is 5.88 Å². The molecular weight excluding hydrogens is 408 g/mol. The lowest BCUT2D eigenvalue weighted by molar-refractivity contribution is 0.0154. The van der Waals surface area contributed by atoms with Gasteiger partial charge in [-0.25, -0.2) is 9.97 Å². The van der Waals surface area contributed by atoms with Crippen LogP contribution in [0.3, 0.4) is 0 Å². The molecule has 168 valence electrons. The van der Waals surface area contributed by atoms with Gasteiger partial charge in [-0.05, 0) is 45.7 Å². The molecular formula is C23H28N6O3. The monoisotopic (exact) mass is 436 g/mol. The first-order chi connectivity index (χ1) is 15.2. The molecule has 0 unspecified atom stereocenters. The zero-order chi connectivity index (χ0) is 22.7. The minimum atomic E-state index is -0.340. The molecule has 32 heavy (non-hydrogen) atoms. The number of ether oxygens (including phenoxy) is 2. The third kappa shape index (κ3) is 3.46. The van der Waals surface area contributed by atoms with Crippen LogP contribution >= 0.6 is 0 Å². The zero-order valence-electron chi connectivity index (χ0n) is 19.0. The number of pyridine rings is 1. The number of anilines is 2. The van der Waals surface area contributed by atoms with Crippen LogP contribution in [0.2, 0.25) is 0 Å². The zero-order valence-corrected chi connectivity index (χ0v) is 19.0. The topological polar surface area (TPSA) is 93.9 Å².